The van der Waals surface area contributed by atoms with E-state index in [0.29, 0.717) is 16.9 Å². The molecule has 124 valence electrons. The number of anilines is 1. The number of hydrogen-bond acceptors (Lipinski definition) is 4. The number of carbonyl (C=O) groups is 3. The van der Waals surface area contributed by atoms with Crippen molar-refractivity contribution in [3.05, 3.63) is 47.2 Å². The van der Waals surface area contributed by atoms with Crippen molar-refractivity contribution in [1.29, 1.82) is 0 Å². The Bertz CT molecular complexity index is 803. The Morgan fingerprint density at radius 3 is 2.29 bits per heavy atom. The number of imide groups is 1. The average Bonchev–Trinajstić information content (AvgIpc) is 3.01. The summed E-state index contributed by atoms with van der Waals surface area (Å²) in [6, 6.07) is 8.39. The molecule has 2 aromatic rings. The molecule has 0 saturated carbocycles. The molecule has 7 nitrogen and oxygen atoms in total. The summed E-state index contributed by atoms with van der Waals surface area (Å²) in [5.41, 5.74) is 1.44. The lowest BCUT2D eigenvalue weighted by atomic mass is 10.1. The maximum absolute atomic E-state index is 12.3. The van der Waals surface area contributed by atoms with E-state index in [2.05, 4.69) is 10.4 Å². The van der Waals surface area contributed by atoms with Gasteiger partial charge in [-0.1, -0.05) is 12.1 Å². The van der Waals surface area contributed by atoms with Gasteiger partial charge in [0.1, 0.15) is 12.4 Å². The number of aryl methyl sites for hydroxylation is 1. The molecule has 0 atom stereocenters. The monoisotopic (exact) mass is 326 g/mol. The third-order valence-electron chi connectivity index (χ3n) is 3.79. The predicted octanol–water partition coefficient (Wildman–Crippen LogP) is 2.01. The second kappa shape index (κ2) is 5.92. The zero-order valence-electron chi connectivity index (χ0n) is 13.7. The fraction of sp³-hybridized carbons (Fsp3) is 0.294. The molecular weight excluding hydrogens is 308 g/mol. The molecule has 3 amide bonds. The number of carbonyl (C=O) groups excluding carboxylic acids is 3. The van der Waals surface area contributed by atoms with Crippen molar-refractivity contribution >= 4 is 23.5 Å². The summed E-state index contributed by atoms with van der Waals surface area (Å²) in [4.78, 5) is 37.8. The second-order valence-corrected chi connectivity index (χ2v) is 6.00. The molecule has 7 heteroatoms. The molecule has 1 aromatic carbocycles. The molecule has 1 N–H and O–H groups in total. The Hall–Kier alpha value is -2.96. The van der Waals surface area contributed by atoms with E-state index in [0.717, 1.165) is 10.6 Å². The molecule has 2 heterocycles. The number of nitrogens with zero attached hydrogens (tertiary/aromatic N) is 3. The normalized spacial score (nSPS) is 13.6. The summed E-state index contributed by atoms with van der Waals surface area (Å²) in [5.74, 6) is -0.783. The zero-order valence-corrected chi connectivity index (χ0v) is 13.7. The number of nitrogens with one attached hydrogen (secondary N) is 1. The number of amides is 3. The van der Waals surface area contributed by atoms with Crippen LogP contribution in [0.15, 0.2) is 30.3 Å². The molecule has 3 rings (SSSR count). The Labute approximate surface area is 139 Å². The van der Waals surface area contributed by atoms with E-state index in [1.54, 1.807) is 35.0 Å². The average molecular weight is 326 g/mol. The molecule has 0 fully saturated rings. The minimum absolute atomic E-state index is 0.0771. The molecule has 0 radical (unpaired) electrons. The van der Waals surface area contributed by atoms with E-state index in [1.807, 2.05) is 20.8 Å². The standard InChI is InChI=1S/C17H18N4O3/c1-10(2)21-14(8-11(3)19-21)18-15(22)9-20-16(23)12-6-4-5-7-13(12)17(20)24/h4-8,10H,9H2,1-3H3,(H,18,22). The maximum Gasteiger partial charge on any atom is 0.262 e. The smallest absolute Gasteiger partial charge is 0.262 e. The van der Waals surface area contributed by atoms with Gasteiger partial charge in [0, 0.05) is 12.1 Å². The quantitative estimate of drug-likeness (QED) is 0.871. The van der Waals surface area contributed by atoms with Crippen molar-refractivity contribution in [3.8, 4) is 0 Å². The van der Waals surface area contributed by atoms with Crippen LogP contribution < -0.4 is 5.32 Å². The van der Waals surface area contributed by atoms with Crippen LogP contribution >= 0.6 is 0 Å². The van der Waals surface area contributed by atoms with Crippen molar-refractivity contribution in [2.45, 2.75) is 26.8 Å². The van der Waals surface area contributed by atoms with Gasteiger partial charge in [-0.15, -0.1) is 0 Å². The third-order valence-corrected chi connectivity index (χ3v) is 3.79. The van der Waals surface area contributed by atoms with E-state index >= 15 is 0 Å². The van der Waals surface area contributed by atoms with Crippen molar-refractivity contribution < 1.29 is 14.4 Å². The van der Waals surface area contributed by atoms with Crippen molar-refractivity contribution in [2.75, 3.05) is 11.9 Å². The summed E-state index contributed by atoms with van der Waals surface area (Å²) in [5, 5.41) is 7.03. The first-order chi connectivity index (χ1) is 11.4. The van der Waals surface area contributed by atoms with Crippen LogP contribution in [0.4, 0.5) is 5.82 Å². The van der Waals surface area contributed by atoms with Gasteiger partial charge < -0.3 is 5.32 Å². The van der Waals surface area contributed by atoms with E-state index in [1.165, 1.54) is 0 Å². The first-order valence-corrected chi connectivity index (χ1v) is 7.69. The second-order valence-electron chi connectivity index (χ2n) is 6.00. The molecule has 0 unspecified atom stereocenters. The van der Waals surface area contributed by atoms with Crippen molar-refractivity contribution in [1.82, 2.24) is 14.7 Å². The molecule has 0 bridgehead atoms. The van der Waals surface area contributed by atoms with Gasteiger partial charge in [-0.3, -0.25) is 19.3 Å². The van der Waals surface area contributed by atoms with Gasteiger partial charge in [0.05, 0.1) is 16.8 Å². The van der Waals surface area contributed by atoms with Crippen LogP contribution in [0.1, 0.15) is 46.3 Å². The molecule has 0 aliphatic carbocycles. The van der Waals surface area contributed by atoms with Crippen molar-refractivity contribution in [2.24, 2.45) is 0 Å². The van der Waals surface area contributed by atoms with Crippen molar-refractivity contribution in [3.63, 3.8) is 0 Å². The van der Waals surface area contributed by atoms with Crippen LogP contribution in [0.25, 0.3) is 0 Å². The highest BCUT2D eigenvalue weighted by molar-refractivity contribution is 6.22. The number of rotatable bonds is 4. The number of fused-ring (bicyclic) bond motifs is 1. The Balaban J connectivity index is 1.75. The molecule has 0 saturated heterocycles. The highest BCUT2D eigenvalue weighted by atomic mass is 16.2. The van der Waals surface area contributed by atoms with E-state index in [4.69, 9.17) is 0 Å². The van der Waals surface area contributed by atoms with Gasteiger partial charge in [0.2, 0.25) is 5.91 Å². The summed E-state index contributed by atoms with van der Waals surface area (Å²) in [6.07, 6.45) is 0. The number of benzene rings is 1. The maximum atomic E-state index is 12.3. The summed E-state index contributed by atoms with van der Waals surface area (Å²) in [7, 11) is 0. The summed E-state index contributed by atoms with van der Waals surface area (Å²) >= 11 is 0. The number of hydrogen-bond donors (Lipinski definition) is 1. The van der Waals surface area contributed by atoms with Gasteiger partial charge in [0.25, 0.3) is 11.8 Å². The van der Waals surface area contributed by atoms with Crippen LogP contribution in [0.2, 0.25) is 0 Å². The molecule has 0 spiro atoms. The van der Waals surface area contributed by atoms with Gasteiger partial charge in [-0.05, 0) is 32.9 Å². The Kier molecular flexibility index (Phi) is 3.92. The Morgan fingerprint density at radius 2 is 1.75 bits per heavy atom. The van der Waals surface area contributed by atoms with Gasteiger partial charge in [-0.2, -0.15) is 5.10 Å². The van der Waals surface area contributed by atoms with Crippen LogP contribution in [0.5, 0.6) is 0 Å². The van der Waals surface area contributed by atoms with Gasteiger partial charge >= 0.3 is 0 Å². The predicted molar refractivity (Wildman–Crippen MR) is 87.8 cm³/mol. The van der Waals surface area contributed by atoms with E-state index < -0.39 is 17.7 Å². The zero-order chi connectivity index (χ0) is 17.4. The molecule has 1 aromatic heterocycles. The first kappa shape index (κ1) is 15.9. The van der Waals surface area contributed by atoms with E-state index in [-0.39, 0.29) is 12.6 Å². The lowest BCUT2D eigenvalue weighted by Gasteiger charge is -2.15. The molecular formula is C17H18N4O3. The lowest BCUT2D eigenvalue weighted by Crippen LogP contribution is -2.37. The highest BCUT2D eigenvalue weighted by Gasteiger charge is 2.36. The molecule has 1 aliphatic heterocycles. The van der Waals surface area contributed by atoms with Crippen LogP contribution in [0.3, 0.4) is 0 Å². The fourth-order valence-corrected chi connectivity index (χ4v) is 2.71. The third kappa shape index (κ3) is 2.68. The van der Waals surface area contributed by atoms with E-state index in [9.17, 15) is 14.4 Å². The number of aromatic nitrogens is 2. The van der Waals surface area contributed by atoms with Gasteiger partial charge in [-0.25, -0.2) is 4.68 Å². The van der Waals surface area contributed by atoms with Gasteiger partial charge in [0.15, 0.2) is 0 Å². The lowest BCUT2D eigenvalue weighted by molar-refractivity contribution is -0.116. The topological polar surface area (TPSA) is 84.3 Å². The van der Waals surface area contributed by atoms with Crippen LogP contribution in [-0.4, -0.2) is 38.9 Å². The first-order valence-electron chi connectivity index (χ1n) is 7.69. The SMILES string of the molecule is Cc1cc(NC(=O)CN2C(=O)c3ccccc3C2=O)n(C(C)C)n1. The Morgan fingerprint density at radius 1 is 1.17 bits per heavy atom. The fourth-order valence-electron chi connectivity index (χ4n) is 2.71. The van der Waals surface area contributed by atoms with Crippen LogP contribution in [-0.2, 0) is 4.79 Å². The van der Waals surface area contributed by atoms with Crippen LogP contribution in [0, 0.1) is 6.92 Å². The summed E-state index contributed by atoms with van der Waals surface area (Å²) in [6.45, 7) is 5.41. The highest BCUT2D eigenvalue weighted by Crippen LogP contribution is 2.22. The largest absolute Gasteiger partial charge is 0.309 e. The minimum Gasteiger partial charge on any atom is -0.309 e. The summed E-state index contributed by atoms with van der Waals surface area (Å²) < 4.78 is 1.69. The molecule has 24 heavy (non-hydrogen) atoms. The molecule has 1 aliphatic rings. The minimum atomic E-state index is -0.445.